The van der Waals surface area contributed by atoms with Gasteiger partial charge in [0.2, 0.25) is 10.0 Å². The average molecular weight is 345 g/mol. The molecule has 1 N–H and O–H groups in total. The van der Waals surface area contributed by atoms with Crippen LogP contribution in [0.15, 0.2) is 29.2 Å². The third-order valence-electron chi connectivity index (χ3n) is 3.69. The van der Waals surface area contributed by atoms with Crippen molar-refractivity contribution in [1.82, 2.24) is 4.31 Å². The van der Waals surface area contributed by atoms with Crippen molar-refractivity contribution < 1.29 is 23.1 Å². The van der Waals surface area contributed by atoms with Gasteiger partial charge < -0.3 is 9.84 Å². The number of ether oxygens (including phenoxy) is 1. The lowest BCUT2D eigenvalue weighted by Crippen LogP contribution is -2.56. The van der Waals surface area contributed by atoms with E-state index in [2.05, 4.69) is 0 Å². The molecule has 122 valence electrons. The summed E-state index contributed by atoms with van der Waals surface area (Å²) in [6, 6.07) is 5.98. The number of carbonyl (C=O) groups is 1. The summed E-state index contributed by atoms with van der Waals surface area (Å²) in [5, 5.41) is 9.55. The number of carboxylic acid groups (broad SMARTS) is 1. The molecule has 1 aliphatic heterocycles. The number of hydrogen-bond donors (Lipinski definition) is 1. The van der Waals surface area contributed by atoms with E-state index >= 15 is 0 Å². The lowest BCUT2D eigenvalue weighted by atomic mass is 10.1. The van der Waals surface area contributed by atoms with Crippen molar-refractivity contribution in [3.63, 3.8) is 0 Å². The van der Waals surface area contributed by atoms with Gasteiger partial charge in [-0.15, -0.1) is 0 Å². The molecule has 6 nitrogen and oxygen atoms in total. The lowest BCUT2D eigenvalue weighted by molar-refractivity contribution is -0.146. The minimum Gasteiger partial charge on any atom is -0.497 e. The Hall–Kier alpha value is -1.25. The molecule has 0 amide bonds. The number of aliphatic carboxylic acids is 1. The van der Waals surface area contributed by atoms with Crippen LogP contribution in [0.1, 0.15) is 13.3 Å². The second kappa shape index (κ2) is 6.47. The van der Waals surface area contributed by atoms with Gasteiger partial charge >= 0.3 is 5.97 Å². The van der Waals surface area contributed by atoms with Crippen LogP contribution in [0.25, 0.3) is 0 Å². The molecule has 0 radical (unpaired) electrons. The molecule has 0 spiro atoms. The van der Waals surface area contributed by atoms with Gasteiger partial charge in [0.15, 0.2) is 0 Å². The summed E-state index contributed by atoms with van der Waals surface area (Å²) >= 11 is 1.47. The first-order valence-electron chi connectivity index (χ1n) is 6.80. The molecule has 0 unspecified atom stereocenters. The molecule has 0 aliphatic carbocycles. The Balaban J connectivity index is 2.45. The van der Waals surface area contributed by atoms with Gasteiger partial charge in [0.1, 0.15) is 11.3 Å². The molecular formula is C14H19NO5S2. The zero-order valence-electron chi connectivity index (χ0n) is 12.5. The van der Waals surface area contributed by atoms with Crippen LogP contribution < -0.4 is 4.74 Å². The van der Waals surface area contributed by atoms with E-state index in [1.807, 2.05) is 0 Å². The zero-order chi connectivity index (χ0) is 16.4. The molecule has 1 aromatic rings. The van der Waals surface area contributed by atoms with Gasteiger partial charge in [0, 0.05) is 12.3 Å². The van der Waals surface area contributed by atoms with Crippen molar-refractivity contribution in [2.45, 2.75) is 23.8 Å². The van der Waals surface area contributed by atoms with Gasteiger partial charge in [-0.2, -0.15) is 16.1 Å². The van der Waals surface area contributed by atoms with Gasteiger partial charge in [-0.1, -0.05) is 0 Å². The van der Waals surface area contributed by atoms with Crippen molar-refractivity contribution in [2.24, 2.45) is 0 Å². The molecule has 0 aromatic heterocycles. The first-order valence-corrected chi connectivity index (χ1v) is 9.40. The summed E-state index contributed by atoms with van der Waals surface area (Å²) in [6.45, 7) is 1.67. The quantitative estimate of drug-likeness (QED) is 0.893. The molecule has 22 heavy (non-hydrogen) atoms. The average Bonchev–Trinajstić information content (AvgIpc) is 2.70. The summed E-state index contributed by atoms with van der Waals surface area (Å²) in [4.78, 5) is 11.8. The Labute approximate surface area is 134 Å². The molecule has 1 atom stereocenters. The van der Waals surface area contributed by atoms with Crippen molar-refractivity contribution in [3.8, 4) is 5.75 Å². The number of rotatable bonds is 4. The first kappa shape index (κ1) is 17.1. The standard InChI is InChI=1S/C14H19NO5S2/c1-14(13(16)17)10-21-9-3-8-15(14)22(18,19)12-6-4-11(20-2)5-7-12/h4-7H,3,8-10H2,1-2H3,(H,16,17)/t14-/m0/s1. The van der Waals surface area contributed by atoms with E-state index < -0.39 is 21.5 Å². The molecule has 2 rings (SSSR count). The molecule has 1 aliphatic rings. The summed E-state index contributed by atoms with van der Waals surface area (Å²) in [5.74, 6) is 0.403. The SMILES string of the molecule is COc1ccc(S(=O)(=O)N2CCCSC[C@@]2(C)C(=O)O)cc1. The fourth-order valence-electron chi connectivity index (χ4n) is 2.33. The van der Waals surface area contributed by atoms with E-state index in [-0.39, 0.29) is 17.2 Å². The third-order valence-corrected chi connectivity index (χ3v) is 7.07. The summed E-state index contributed by atoms with van der Waals surface area (Å²) in [5.41, 5.74) is -1.44. The normalized spacial score (nSPS) is 23.7. The second-order valence-corrected chi connectivity index (χ2v) is 8.21. The minimum atomic E-state index is -3.88. The topological polar surface area (TPSA) is 83.9 Å². The maximum Gasteiger partial charge on any atom is 0.325 e. The maximum absolute atomic E-state index is 12.9. The number of carboxylic acids is 1. The van der Waals surface area contributed by atoms with Gasteiger partial charge in [-0.05, 0) is 43.4 Å². The predicted octanol–water partition coefficient (Wildman–Crippen LogP) is 1.67. The molecule has 8 heteroatoms. The number of sulfonamides is 1. The molecular weight excluding hydrogens is 326 g/mol. The number of thioether (sulfide) groups is 1. The molecule has 1 heterocycles. The Morgan fingerprint density at radius 3 is 2.55 bits per heavy atom. The Morgan fingerprint density at radius 1 is 1.36 bits per heavy atom. The lowest BCUT2D eigenvalue weighted by Gasteiger charge is -2.34. The number of hydrogen-bond acceptors (Lipinski definition) is 5. The van der Waals surface area contributed by atoms with Gasteiger partial charge in [-0.25, -0.2) is 8.42 Å². The Bertz CT molecular complexity index is 644. The number of nitrogens with zero attached hydrogens (tertiary/aromatic N) is 1. The minimum absolute atomic E-state index is 0.0766. The Morgan fingerprint density at radius 2 is 2.00 bits per heavy atom. The smallest absolute Gasteiger partial charge is 0.325 e. The van der Waals surface area contributed by atoms with Crippen LogP contribution in [0.3, 0.4) is 0 Å². The first-order chi connectivity index (χ1) is 10.3. The summed E-state index contributed by atoms with van der Waals surface area (Å²) in [7, 11) is -2.38. The van der Waals surface area contributed by atoms with Crippen LogP contribution in [0, 0.1) is 0 Å². The van der Waals surface area contributed by atoms with E-state index in [0.717, 1.165) is 10.1 Å². The predicted molar refractivity (Wildman–Crippen MR) is 84.9 cm³/mol. The highest BCUT2D eigenvalue weighted by Crippen LogP contribution is 2.32. The van der Waals surface area contributed by atoms with Gasteiger partial charge in [-0.3, -0.25) is 4.79 Å². The van der Waals surface area contributed by atoms with E-state index in [0.29, 0.717) is 12.2 Å². The third kappa shape index (κ3) is 3.09. The van der Waals surface area contributed by atoms with Crippen molar-refractivity contribution in [2.75, 3.05) is 25.2 Å². The van der Waals surface area contributed by atoms with E-state index in [1.54, 1.807) is 12.1 Å². The zero-order valence-corrected chi connectivity index (χ0v) is 14.1. The van der Waals surface area contributed by atoms with Gasteiger partial charge in [0.05, 0.1) is 12.0 Å². The highest BCUT2D eigenvalue weighted by atomic mass is 32.2. The summed E-state index contributed by atoms with van der Waals surface area (Å²) in [6.07, 6.45) is 0.628. The van der Waals surface area contributed by atoms with E-state index in [9.17, 15) is 18.3 Å². The highest BCUT2D eigenvalue weighted by Gasteiger charge is 2.47. The van der Waals surface area contributed by atoms with Crippen LogP contribution in [0.5, 0.6) is 5.75 Å². The van der Waals surface area contributed by atoms with Crippen LogP contribution >= 0.6 is 11.8 Å². The largest absolute Gasteiger partial charge is 0.497 e. The number of methoxy groups -OCH3 is 1. The van der Waals surface area contributed by atoms with Gasteiger partial charge in [0.25, 0.3) is 0 Å². The van der Waals surface area contributed by atoms with Crippen LogP contribution in [0.2, 0.25) is 0 Å². The molecule has 1 fully saturated rings. The van der Waals surface area contributed by atoms with Crippen LogP contribution in [0.4, 0.5) is 0 Å². The highest BCUT2D eigenvalue weighted by molar-refractivity contribution is 7.99. The monoisotopic (exact) mass is 345 g/mol. The maximum atomic E-state index is 12.9. The molecule has 0 saturated carbocycles. The fourth-order valence-corrected chi connectivity index (χ4v) is 5.34. The molecule has 1 aromatic carbocycles. The number of benzene rings is 1. The van der Waals surface area contributed by atoms with E-state index in [1.165, 1.54) is 37.9 Å². The van der Waals surface area contributed by atoms with Crippen molar-refractivity contribution >= 4 is 27.8 Å². The molecule has 0 bridgehead atoms. The molecule has 1 saturated heterocycles. The Kier molecular flexibility index (Phi) is 5.03. The van der Waals surface area contributed by atoms with Crippen LogP contribution in [-0.2, 0) is 14.8 Å². The van der Waals surface area contributed by atoms with Crippen molar-refractivity contribution in [3.05, 3.63) is 24.3 Å². The van der Waals surface area contributed by atoms with Crippen LogP contribution in [-0.4, -0.2) is 54.5 Å². The second-order valence-electron chi connectivity index (χ2n) is 5.24. The van der Waals surface area contributed by atoms with E-state index in [4.69, 9.17) is 4.74 Å². The fraction of sp³-hybridized carbons (Fsp3) is 0.500. The van der Waals surface area contributed by atoms with Crippen molar-refractivity contribution in [1.29, 1.82) is 0 Å². The summed E-state index contributed by atoms with van der Waals surface area (Å²) < 4.78 is 31.9.